The van der Waals surface area contributed by atoms with Gasteiger partial charge in [0.1, 0.15) is 17.0 Å². The van der Waals surface area contributed by atoms with E-state index in [0.29, 0.717) is 0 Å². The normalized spacial score (nSPS) is 11.7. The number of nitrogens with zero attached hydrogens (tertiary/aromatic N) is 1. The zero-order valence-corrected chi connectivity index (χ0v) is 11.5. The highest BCUT2D eigenvalue weighted by Crippen LogP contribution is 2.38. The number of benzene rings is 1. The lowest BCUT2D eigenvalue weighted by molar-refractivity contribution is -0.138. The van der Waals surface area contributed by atoms with E-state index < -0.39 is 17.7 Å². The van der Waals surface area contributed by atoms with E-state index in [-0.39, 0.29) is 27.1 Å². The van der Waals surface area contributed by atoms with Gasteiger partial charge >= 0.3 is 12.1 Å². The van der Waals surface area contributed by atoms with Crippen molar-refractivity contribution < 1.29 is 27.6 Å². The van der Waals surface area contributed by atoms with Crippen LogP contribution in [0.1, 0.15) is 21.7 Å². The summed E-state index contributed by atoms with van der Waals surface area (Å²) in [6.45, 7) is 1.38. The Bertz CT molecular complexity index is 679. The number of aromatic carboxylic acids is 1. The third-order valence-corrected chi connectivity index (χ3v) is 3.31. The number of halogens is 4. The van der Waals surface area contributed by atoms with Crippen molar-refractivity contribution in [2.75, 3.05) is 0 Å². The van der Waals surface area contributed by atoms with Gasteiger partial charge in [-0.05, 0) is 19.1 Å². The van der Waals surface area contributed by atoms with Crippen molar-refractivity contribution in [3.05, 3.63) is 39.6 Å². The summed E-state index contributed by atoms with van der Waals surface area (Å²) in [6.07, 6.45) is -4.56. The van der Waals surface area contributed by atoms with Gasteiger partial charge in [0.2, 0.25) is 0 Å². The average molecular weight is 350 g/mol. The van der Waals surface area contributed by atoms with Gasteiger partial charge in [0, 0.05) is 10.0 Å². The number of hydrogen-bond donors (Lipinski definition) is 1. The molecule has 106 valence electrons. The van der Waals surface area contributed by atoms with Gasteiger partial charge in [-0.25, -0.2) is 4.79 Å². The van der Waals surface area contributed by atoms with Crippen LogP contribution >= 0.6 is 15.9 Å². The molecule has 0 spiro atoms. The molecule has 2 rings (SSSR count). The summed E-state index contributed by atoms with van der Waals surface area (Å²) < 4.78 is 43.1. The van der Waals surface area contributed by atoms with Crippen LogP contribution in [0.2, 0.25) is 0 Å². The molecule has 0 aliphatic carbocycles. The molecule has 2 aromatic rings. The van der Waals surface area contributed by atoms with Crippen LogP contribution in [0, 0.1) is 6.92 Å². The molecule has 0 unspecified atom stereocenters. The molecule has 1 heterocycles. The molecular weight excluding hydrogens is 343 g/mol. The zero-order chi connectivity index (χ0) is 15.1. The molecule has 1 N–H and O–H groups in total. The van der Waals surface area contributed by atoms with Crippen molar-refractivity contribution in [3.63, 3.8) is 0 Å². The Balaban J connectivity index is 2.63. The lowest BCUT2D eigenvalue weighted by atomic mass is 10.0. The van der Waals surface area contributed by atoms with Crippen molar-refractivity contribution in [2.24, 2.45) is 0 Å². The molecule has 0 radical (unpaired) electrons. The monoisotopic (exact) mass is 349 g/mol. The zero-order valence-electron chi connectivity index (χ0n) is 9.95. The Labute approximate surface area is 119 Å². The minimum Gasteiger partial charge on any atom is -0.477 e. The van der Waals surface area contributed by atoms with E-state index in [9.17, 15) is 18.0 Å². The fourth-order valence-electron chi connectivity index (χ4n) is 1.71. The van der Waals surface area contributed by atoms with Crippen LogP contribution in [0.3, 0.4) is 0 Å². The highest BCUT2D eigenvalue weighted by molar-refractivity contribution is 9.10. The Morgan fingerprint density at radius 1 is 1.40 bits per heavy atom. The van der Waals surface area contributed by atoms with Crippen LogP contribution in [0.4, 0.5) is 13.2 Å². The fraction of sp³-hybridized carbons (Fsp3) is 0.167. The molecule has 1 aromatic carbocycles. The van der Waals surface area contributed by atoms with Crippen molar-refractivity contribution in [1.29, 1.82) is 0 Å². The maximum absolute atomic E-state index is 12.8. The maximum atomic E-state index is 12.8. The highest BCUT2D eigenvalue weighted by Gasteiger charge is 2.34. The molecule has 0 fully saturated rings. The number of hydrogen-bond acceptors (Lipinski definition) is 3. The van der Waals surface area contributed by atoms with Gasteiger partial charge in [-0.3, -0.25) is 0 Å². The van der Waals surface area contributed by atoms with E-state index in [1.807, 2.05) is 0 Å². The molecule has 0 amide bonds. The second-order valence-corrected chi connectivity index (χ2v) is 4.81. The van der Waals surface area contributed by atoms with E-state index in [2.05, 4.69) is 21.1 Å². The molecule has 4 nitrogen and oxygen atoms in total. The Morgan fingerprint density at radius 2 is 2.05 bits per heavy atom. The van der Waals surface area contributed by atoms with E-state index in [4.69, 9.17) is 9.63 Å². The van der Waals surface area contributed by atoms with Crippen LogP contribution in [0.25, 0.3) is 11.3 Å². The predicted octanol–water partition coefficient (Wildman–Crippen LogP) is 4.13. The summed E-state index contributed by atoms with van der Waals surface area (Å²) in [7, 11) is 0. The van der Waals surface area contributed by atoms with Crippen LogP contribution in [0.5, 0.6) is 0 Å². The predicted molar refractivity (Wildman–Crippen MR) is 66.3 cm³/mol. The van der Waals surface area contributed by atoms with Crippen LogP contribution < -0.4 is 0 Å². The minimum atomic E-state index is -4.56. The number of carboxylic acid groups (broad SMARTS) is 1. The number of aryl methyl sites for hydroxylation is 1. The molecule has 0 aliphatic heterocycles. The van der Waals surface area contributed by atoms with Gasteiger partial charge in [0.15, 0.2) is 0 Å². The van der Waals surface area contributed by atoms with Gasteiger partial charge in [0.05, 0.1) is 5.56 Å². The second kappa shape index (κ2) is 4.93. The highest BCUT2D eigenvalue weighted by atomic mass is 79.9. The first-order chi connectivity index (χ1) is 9.21. The Hall–Kier alpha value is -1.83. The van der Waals surface area contributed by atoms with Crippen LogP contribution in [0.15, 0.2) is 27.2 Å². The summed E-state index contributed by atoms with van der Waals surface area (Å²) in [6, 6.07) is 3.35. The number of rotatable bonds is 2. The first-order valence-electron chi connectivity index (χ1n) is 5.28. The third kappa shape index (κ3) is 2.55. The quantitative estimate of drug-likeness (QED) is 0.885. The topological polar surface area (TPSA) is 63.3 Å². The summed E-state index contributed by atoms with van der Waals surface area (Å²) in [4.78, 5) is 11.1. The first kappa shape index (κ1) is 14.6. The average Bonchev–Trinajstić information content (AvgIpc) is 2.70. The van der Waals surface area contributed by atoms with E-state index in [1.54, 1.807) is 0 Å². The number of carboxylic acids is 1. The largest absolute Gasteiger partial charge is 0.477 e. The van der Waals surface area contributed by atoms with Crippen molar-refractivity contribution >= 4 is 21.9 Å². The first-order valence-corrected chi connectivity index (χ1v) is 6.07. The Morgan fingerprint density at radius 3 is 2.60 bits per heavy atom. The number of alkyl halides is 3. The minimum absolute atomic E-state index is 0.0229. The molecular formula is C12H7BrF3NO3. The summed E-state index contributed by atoms with van der Waals surface area (Å²) in [5.41, 5.74) is -1.27. The number of aromatic nitrogens is 1. The second-order valence-electron chi connectivity index (χ2n) is 3.96. The molecule has 20 heavy (non-hydrogen) atoms. The van der Waals surface area contributed by atoms with Crippen LogP contribution in [-0.4, -0.2) is 16.2 Å². The van der Waals surface area contributed by atoms with Gasteiger partial charge < -0.3 is 9.63 Å². The lowest BCUT2D eigenvalue weighted by Crippen LogP contribution is -2.06. The van der Waals surface area contributed by atoms with Crippen molar-refractivity contribution in [2.45, 2.75) is 13.1 Å². The molecule has 1 aromatic heterocycles. The summed E-state index contributed by atoms with van der Waals surface area (Å²) in [5, 5.41) is 12.6. The fourth-order valence-corrected chi connectivity index (χ4v) is 2.18. The molecule has 0 saturated heterocycles. The molecule has 0 aliphatic rings. The molecule has 0 bridgehead atoms. The lowest BCUT2D eigenvalue weighted by Gasteiger charge is -2.10. The standard InChI is InChI=1S/C12H7BrF3NO3/c1-5-9(11(18)19)10(17-20-5)6-2-3-8(13)7(4-6)12(14,15)16/h2-4H,1H3,(H,18,19). The van der Waals surface area contributed by atoms with Gasteiger partial charge in [-0.15, -0.1) is 0 Å². The van der Waals surface area contributed by atoms with Gasteiger partial charge in [-0.2, -0.15) is 13.2 Å². The van der Waals surface area contributed by atoms with E-state index in [1.165, 1.54) is 19.1 Å². The summed E-state index contributed by atoms with van der Waals surface area (Å²) >= 11 is 2.81. The van der Waals surface area contributed by atoms with E-state index >= 15 is 0 Å². The summed E-state index contributed by atoms with van der Waals surface area (Å²) in [5.74, 6) is -1.28. The molecule has 0 atom stereocenters. The third-order valence-electron chi connectivity index (χ3n) is 2.62. The van der Waals surface area contributed by atoms with Gasteiger partial charge in [-0.1, -0.05) is 27.2 Å². The molecule has 8 heteroatoms. The van der Waals surface area contributed by atoms with Gasteiger partial charge in [0.25, 0.3) is 0 Å². The maximum Gasteiger partial charge on any atom is 0.417 e. The smallest absolute Gasteiger partial charge is 0.417 e. The van der Waals surface area contributed by atoms with Crippen molar-refractivity contribution in [3.8, 4) is 11.3 Å². The Kier molecular flexibility index (Phi) is 3.59. The SMILES string of the molecule is Cc1onc(-c2ccc(Br)c(C(F)(F)F)c2)c1C(=O)O. The van der Waals surface area contributed by atoms with Crippen molar-refractivity contribution in [1.82, 2.24) is 5.16 Å². The van der Waals surface area contributed by atoms with Crippen LogP contribution in [-0.2, 0) is 6.18 Å². The van der Waals surface area contributed by atoms with E-state index in [0.717, 1.165) is 6.07 Å². The number of carbonyl (C=O) groups is 1. The molecule has 0 saturated carbocycles.